The van der Waals surface area contributed by atoms with Gasteiger partial charge in [-0.2, -0.15) is 13.2 Å². The van der Waals surface area contributed by atoms with Gasteiger partial charge in [0.1, 0.15) is 11.4 Å². The van der Waals surface area contributed by atoms with Crippen molar-refractivity contribution in [2.45, 2.75) is 12.7 Å². The lowest BCUT2D eigenvalue weighted by Crippen LogP contribution is -2.14. The molecule has 0 aliphatic rings. The Kier molecular flexibility index (Phi) is 3.98. The molecule has 120 valence electrons. The van der Waals surface area contributed by atoms with Crippen LogP contribution in [0.5, 0.6) is 5.75 Å². The Morgan fingerprint density at radius 1 is 1.04 bits per heavy atom. The molecular formula is C17H13ClF3NO. The SMILES string of the molecule is COc1ccc2c(c1)cc(C(F)(F)F)n2Cc1ccc(Cl)cc1. The van der Waals surface area contributed by atoms with E-state index in [9.17, 15) is 13.2 Å². The fraction of sp³-hybridized carbons (Fsp3) is 0.176. The van der Waals surface area contributed by atoms with E-state index in [0.29, 0.717) is 21.7 Å². The number of nitrogens with zero attached hydrogens (tertiary/aromatic N) is 1. The van der Waals surface area contributed by atoms with Gasteiger partial charge >= 0.3 is 6.18 Å². The van der Waals surface area contributed by atoms with Crippen LogP contribution in [0.25, 0.3) is 10.9 Å². The molecule has 3 rings (SSSR count). The summed E-state index contributed by atoms with van der Waals surface area (Å²) in [5, 5.41) is 1.04. The average molecular weight is 340 g/mol. The van der Waals surface area contributed by atoms with Crippen LogP contribution in [0.1, 0.15) is 11.3 Å². The topological polar surface area (TPSA) is 14.2 Å². The third kappa shape index (κ3) is 3.15. The molecule has 0 atom stereocenters. The van der Waals surface area contributed by atoms with Gasteiger partial charge in [0.15, 0.2) is 0 Å². The van der Waals surface area contributed by atoms with E-state index >= 15 is 0 Å². The second-order valence-electron chi connectivity index (χ2n) is 5.16. The molecule has 0 aliphatic heterocycles. The van der Waals surface area contributed by atoms with Gasteiger partial charge in [0, 0.05) is 22.5 Å². The predicted molar refractivity (Wildman–Crippen MR) is 84.0 cm³/mol. The fourth-order valence-corrected chi connectivity index (χ4v) is 2.68. The minimum absolute atomic E-state index is 0.113. The first-order valence-electron chi connectivity index (χ1n) is 6.87. The molecule has 6 heteroatoms. The summed E-state index contributed by atoms with van der Waals surface area (Å²) in [6, 6.07) is 12.8. The van der Waals surface area contributed by atoms with Crippen molar-refractivity contribution in [2.75, 3.05) is 7.11 Å². The zero-order valence-electron chi connectivity index (χ0n) is 12.2. The monoisotopic (exact) mass is 339 g/mol. The lowest BCUT2D eigenvalue weighted by atomic mass is 10.2. The van der Waals surface area contributed by atoms with Gasteiger partial charge in [-0.05, 0) is 42.0 Å². The second kappa shape index (κ2) is 5.81. The van der Waals surface area contributed by atoms with E-state index in [1.54, 1.807) is 42.5 Å². The van der Waals surface area contributed by atoms with Crippen LogP contribution in [0.3, 0.4) is 0 Å². The normalized spacial score (nSPS) is 11.9. The summed E-state index contributed by atoms with van der Waals surface area (Å²) in [4.78, 5) is 0. The largest absolute Gasteiger partial charge is 0.497 e. The number of methoxy groups -OCH3 is 1. The van der Waals surface area contributed by atoms with Gasteiger partial charge in [-0.1, -0.05) is 23.7 Å². The maximum absolute atomic E-state index is 13.4. The maximum Gasteiger partial charge on any atom is 0.431 e. The standard InChI is InChI=1S/C17H13ClF3NO/c1-23-14-6-7-15-12(8-14)9-16(17(19,20)21)22(15)10-11-2-4-13(18)5-3-11/h2-9H,10H2,1H3. The molecular weight excluding hydrogens is 327 g/mol. The molecule has 0 saturated heterocycles. The van der Waals surface area contributed by atoms with Gasteiger partial charge in [-0.15, -0.1) is 0 Å². The van der Waals surface area contributed by atoms with E-state index in [1.165, 1.54) is 11.7 Å². The number of hydrogen-bond donors (Lipinski definition) is 0. The van der Waals surface area contributed by atoms with Crippen LogP contribution < -0.4 is 4.74 Å². The zero-order valence-corrected chi connectivity index (χ0v) is 12.9. The third-order valence-corrected chi connectivity index (χ3v) is 3.90. The third-order valence-electron chi connectivity index (χ3n) is 3.65. The molecule has 0 N–H and O–H groups in total. The number of hydrogen-bond acceptors (Lipinski definition) is 1. The molecule has 0 spiro atoms. The lowest BCUT2D eigenvalue weighted by Gasteiger charge is -2.13. The maximum atomic E-state index is 13.4. The van der Waals surface area contributed by atoms with Crippen LogP contribution in [0.15, 0.2) is 48.5 Å². The zero-order chi connectivity index (χ0) is 16.6. The molecule has 0 fully saturated rings. The first-order chi connectivity index (χ1) is 10.9. The van der Waals surface area contributed by atoms with Gasteiger partial charge in [-0.3, -0.25) is 0 Å². The smallest absolute Gasteiger partial charge is 0.431 e. The molecule has 0 radical (unpaired) electrons. The van der Waals surface area contributed by atoms with Crippen molar-refractivity contribution >= 4 is 22.5 Å². The molecule has 2 aromatic carbocycles. The van der Waals surface area contributed by atoms with Crippen molar-refractivity contribution in [2.24, 2.45) is 0 Å². The molecule has 0 amide bonds. The number of aromatic nitrogens is 1. The summed E-state index contributed by atoms with van der Waals surface area (Å²) in [5.74, 6) is 0.523. The molecule has 0 saturated carbocycles. The number of rotatable bonds is 3. The minimum Gasteiger partial charge on any atom is -0.497 e. The highest BCUT2D eigenvalue weighted by atomic mass is 35.5. The van der Waals surface area contributed by atoms with E-state index in [4.69, 9.17) is 16.3 Å². The van der Waals surface area contributed by atoms with E-state index < -0.39 is 11.9 Å². The highest BCUT2D eigenvalue weighted by molar-refractivity contribution is 6.30. The Hall–Kier alpha value is -2.14. The van der Waals surface area contributed by atoms with E-state index in [2.05, 4.69) is 0 Å². The second-order valence-corrected chi connectivity index (χ2v) is 5.60. The molecule has 3 aromatic rings. The molecule has 2 nitrogen and oxygen atoms in total. The Labute approximate surface area is 136 Å². The van der Waals surface area contributed by atoms with Crippen LogP contribution in [0.2, 0.25) is 5.02 Å². The van der Waals surface area contributed by atoms with Gasteiger partial charge in [0.05, 0.1) is 7.11 Å². The van der Waals surface area contributed by atoms with E-state index in [0.717, 1.165) is 11.6 Å². The van der Waals surface area contributed by atoms with Crippen molar-refractivity contribution < 1.29 is 17.9 Å². The summed E-state index contributed by atoms with van der Waals surface area (Å²) < 4.78 is 46.4. The van der Waals surface area contributed by atoms with Gasteiger partial charge in [0.2, 0.25) is 0 Å². The summed E-state index contributed by atoms with van der Waals surface area (Å²) in [5.41, 5.74) is 0.567. The highest BCUT2D eigenvalue weighted by Crippen LogP contribution is 2.35. The van der Waals surface area contributed by atoms with Crippen LogP contribution in [0, 0.1) is 0 Å². The molecule has 23 heavy (non-hydrogen) atoms. The predicted octanol–water partition coefficient (Wildman–Crippen LogP) is 5.37. The number of fused-ring (bicyclic) bond motifs is 1. The fourth-order valence-electron chi connectivity index (χ4n) is 2.55. The Morgan fingerprint density at radius 3 is 2.35 bits per heavy atom. The minimum atomic E-state index is -4.43. The molecule has 1 aromatic heterocycles. The van der Waals surface area contributed by atoms with Gasteiger partial charge in [-0.25, -0.2) is 0 Å². The quantitative estimate of drug-likeness (QED) is 0.625. The summed E-state index contributed by atoms with van der Waals surface area (Å²) in [6.07, 6.45) is -4.43. The van der Waals surface area contributed by atoms with Gasteiger partial charge < -0.3 is 9.30 Å². The van der Waals surface area contributed by atoms with Crippen molar-refractivity contribution in [3.63, 3.8) is 0 Å². The first-order valence-corrected chi connectivity index (χ1v) is 7.25. The van der Waals surface area contributed by atoms with Crippen LogP contribution >= 0.6 is 11.6 Å². The molecule has 0 aliphatic carbocycles. The number of ether oxygens (including phenoxy) is 1. The van der Waals surface area contributed by atoms with Crippen LogP contribution in [-0.4, -0.2) is 11.7 Å². The molecule has 0 bridgehead atoms. The number of benzene rings is 2. The molecule has 1 heterocycles. The Bertz CT molecular complexity index is 837. The van der Waals surface area contributed by atoms with Crippen molar-refractivity contribution in [3.8, 4) is 5.75 Å². The summed E-state index contributed by atoms with van der Waals surface area (Å²) in [7, 11) is 1.48. The highest BCUT2D eigenvalue weighted by Gasteiger charge is 2.35. The van der Waals surface area contributed by atoms with Crippen molar-refractivity contribution in [1.82, 2.24) is 4.57 Å². The summed E-state index contributed by atoms with van der Waals surface area (Å²) >= 11 is 5.83. The Balaban J connectivity index is 2.14. The number of halogens is 4. The average Bonchev–Trinajstić information content (AvgIpc) is 2.87. The lowest BCUT2D eigenvalue weighted by molar-refractivity contribution is -0.143. The van der Waals surface area contributed by atoms with E-state index in [1.807, 2.05) is 0 Å². The van der Waals surface area contributed by atoms with Crippen LogP contribution in [0.4, 0.5) is 13.2 Å². The summed E-state index contributed by atoms with van der Waals surface area (Å²) in [6.45, 7) is 0.113. The van der Waals surface area contributed by atoms with Crippen molar-refractivity contribution in [1.29, 1.82) is 0 Å². The van der Waals surface area contributed by atoms with E-state index in [-0.39, 0.29) is 6.54 Å². The Morgan fingerprint density at radius 2 is 1.74 bits per heavy atom. The first kappa shape index (κ1) is 15.7. The van der Waals surface area contributed by atoms with Crippen molar-refractivity contribution in [3.05, 3.63) is 64.8 Å². The number of alkyl halides is 3. The molecule has 0 unspecified atom stereocenters. The van der Waals surface area contributed by atoms with Gasteiger partial charge in [0.25, 0.3) is 0 Å². The van der Waals surface area contributed by atoms with Crippen LogP contribution in [-0.2, 0) is 12.7 Å².